The second-order valence-corrected chi connectivity index (χ2v) is 4.77. The molecule has 4 nitrogen and oxygen atoms in total. The van der Waals surface area contributed by atoms with E-state index in [-0.39, 0.29) is 0 Å². The third kappa shape index (κ3) is 3.16. The lowest BCUT2D eigenvalue weighted by Gasteiger charge is -2.18. The number of pyridine rings is 1. The van der Waals surface area contributed by atoms with Crippen molar-refractivity contribution in [2.45, 2.75) is 13.5 Å². The number of aryl methyl sites for hydroxylation is 1. The van der Waals surface area contributed by atoms with Crippen LogP contribution in [0.4, 0.5) is 11.4 Å². The molecule has 1 aromatic carbocycles. The maximum Gasteiger partial charge on any atom is 0.120 e. The van der Waals surface area contributed by atoms with E-state index in [2.05, 4.69) is 10.3 Å². The number of hydrogen-bond acceptors (Lipinski definition) is 4. The number of rotatable bonds is 4. The molecule has 0 radical (unpaired) electrons. The molecular weight excluding hydrogens is 238 g/mol. The van der Waals surface area contributed by atoms with Crippen molar-refractivity contribution in [2.24, 2.45) is 0 Å². The summed E-state index contributed by atoms with van der Waals surface area (Å²) < 4.78 is 0. The van der Waals surface area contributed by atoms with Crippen LogP contribution in [-0.4, -0.2) is 24.2 Å². The van der Waals surface area contributed by atoms with Crippen molar-refractivity contribution in [2.75, 3.05) is 24.3 Å². The summed E-state index contributed by atoms with van der Waals surface area (Å²) in [6, 6.07) is 7.56. The first-order valence-electron chi connectivity index (χ1n) is 6.21. The molecule has 0 aliphatic rings. The molecule has 0 saturated heterocycles. The van der Waals surface area contributed by atoms with Crippen LogP contribution in [0, 0.1) is 6.92 Å². The molecule has 0 atom stereocenters. The molecule has 1 heterocycles. The Hall–Kier alpha value is -2.23. The lowest BCUT2D eigenvalue weighted by molar-refractivity contribution is 0.469. The van der Waals surface area contributed by atoms with E-state index in [0.717, 1.165) is 22.5 Å². The zero-order chi connectivity index (χ0) is 13.8. The van der Waals surface area contributed by atoms with E-state index in [9.17, 15) is 5.11 Å². The average Bonchev–Trinajstić information content (AvgIpc) is 2.40. The second kappa shape index (κ2) is 5.61. The quantitative estimate of drug-likeness (QED) is 0.884. The van der Waals surface area contributed by atoms with Crippen molar-refractivity contribution in [3.05, 3.63) is 47.8 Å². The Labute approximate surface area is 113 Å². The molecule has 4 heteroatoms. The van der Waals surface area contributed by atoms with Crippen molar-refractivity contribution in [3.63, 3.8) is 0 Å². The Morgan fingerprint density at radius 2 is 2.05 bits per heavy atom. The van der Waals surface area contributed by atoms with Crippen molar-refractivity contribution in [1.29, 1.82) is 0 Å². The van der Waals surface area contributed by atoms with E-state index in [1.54, 1.807) is 18.5 Å². The molecule has 0 saturated carbocycles. The van der Waals surface area contributed by atoms with Crippen molar-refractivity contribution in [3.8, 4) is 5.75 Å². The van der Waals surface area contributed by atoms with Gasteiger partial charge in [-0.05, 0) is 19.1 Å². The Morgan fingerprint density at radius 3 is 2.79 bits per heavy atom. The van der Waals surface area contributed by atoms with Crippen LogP contribution in [0.2, 0.25) is 0 Å². The van der Waals surface area contributed by atoms with Gasteiger partial charge in [0, 0.05) is 32.4 Å². The molecule has 0 aliphatic carbocycles. The number of phenolic OH excluding ortho intramolecular Hbond substituents is 1. The van der Waals surface area contributed by atoms with E-state index >= 15 is 0 Å². The van der Waals surface area contributed by atoms with Gasteiger partial charge in [-0.3, -0.25) is 4.98 Å². The first-order chi connectivity index (χ1) is 9.08. The minimum Gasteiger partial charge on any atom is -0.508 e. The molecule has 2 rings (SSSR count). The third-order valence-electron chi connectivity index (χ3n) is 2.98. The molecular formula is C15H19N3O. The monoisotopic (exact) mass is 257 g/mol. The molecule has 0 unspecified atom stereocenters. The van der Waals surface area contributed by atoms with Crippen LogP contribution >= 0.6 is 0 Å². The van der Waals surface area contributed by atoms with Crippen molar-refractivity contribution < 1.29 is 5.11 Å². The lowest BCUT2D eigenvalue weighted by Crippen LogP contribution is -2.12. The fourth-order valence-corrected chi connectivity index (χ4v) is 1.96. The fourth-order valence-electron chi connectivity index (χ4n) is 1.96. The van der Waals surface area contributed by atoms with Gasteiger partial charge in [0.25, 0.3) is 0 Å². The highest BCUT2D eigenvalue weighted by Gasteiger charge is 2.06. The number of phenols is 1. The highest BCUT2D eigenvalue weighted by molar-refractivity contribution is 5.68. The summed E-state index contributed by atoms with van der Waals surface area (Å²) in [7, 11) is 3.98. The van der Waals surface area contributed by atoms with Gasteiger partial charge in [-0.15, -0.1) is 0 Å². The Bertz CT molecular complexity index is 567. The summed E-state index contributed by atoms with van der Waals surface area (Å²) in [5, 5.41) is 13.1. The number of aromatic nitrogens is 1. The molecule has 2 aromatic rings. The first-order valence-corrected chi connectivity index (χ1v) is 6.21. The number of benzene rings is 1. The summed E-state index contributed by atoms with van der Waals surface area (Å²) in [5.41, 5.74) is 4.04. The van der Waals surface area contributed by atoms with Gasteiger partial charge in [0.15, 0.2) is 0 Å². The topological polar surface area (TPSA) is 48.4 Å². The van der Waals surface area contributed by atoms with Gasteiger partial charge in [0.2, 0.25) is 0 Å². The predicted molar refractivity (Wildman–Crippen MR) is 78.7 cm³/mol. The van der Waals surface area contributed by atoms with Crippen molar-refractivity contribution in [1.82, 2.24) is 4.98 Å². The van der Waals surface area contributed by atoms with Crippen LogP contribution in [0.5, 0.6) is 5.75 Å². The molecule has 2 N–H and O–H groups in total. The molecule has 1 aromatic heterocycles. The van der Waals surface area contributed by atoms with Crippen LogP contribution in [0.15, 0.2) is 36.7 Å². The standard InChI is InChI=1S/C15H19N3O/c1-11-4-5-15(19)12(8-11)9-17-13-10-16-7-6-14(13)18(2)3/h4-8,10,17,19H,9H2,1-3H3. The van der Waals surface area contributed by atoms with Crippen LogP contribution in [0.25, 0.3) is 0 Å². The summed E-state index contributed by atoms with van der Waals surface area (Å²) in [4.78, 5) is 6.16. The van der Waals surface area contributed by atoms with Gasteiger partial charge in [0.1, 0.15) is 5.75 Å². The van der Waals surface area contributed by atoms with Crippen LogP contribution < -0.4 is 10.2 Å². The van der Waals surface area contributed by atoms with E-state index < -0.39 is 0 Å². The zero-order valence-corrected chi connectivity index (χ0v) is 11.5. The summed E-state index contributed by atoms with van der Waals surface area (Å²) >= 11 is 0. The van der Waals surface area contributed by atoms with Gasteiger partial charge >= 0.3 is 0 Å². The van der Waals surface area contributed by atoms with Crippen molar-refractivity contribution >= 4 is 11.4 Å². The molecule has 100 valence electrons. The van der Waals surface area contributed by atoms with E-state index in [0.29, 0.717) is 12.3 Å². The predicted octanol–water partition coefficient (Wildman–Crippen LogP) is 2.77. The second-order valence-electron chi connectivity index (χ2n) is 4.77. The van der Waals surface area contributed by atoms with Gasteiger partial charge in [-0.1, -0.05) is 17.7 Å². The zero-order valence-electron chi connectivity index (χ0n) is 11.5. The highest BCUT2D eigenvalue weighted by atomic mass is 16.3. The summed E-state index contributed by atoms with van der Waals surface area (Å²) in [6.07, 6.45) is 3.56. The Balaban J connectivity index is 2.17. The molecule has 0 fully saturated rings. The molecule has 0 spiro atoms. The summed E-state index contributed by atoms with van der Waals surface area (Å²) in [5.74, 6) is 0.313. The highest BCUT2D eigenvalue weighted by Crippen LogP contribution is 2.25. The SMILES string of the molecule is Cc1ccc(O)c(CNc2cnccc2N(C)C)c1. The molecule has 0 bridgehead atoms. The number of aromatic hydroxyl groups is 1. The Kier molecular flexibility index (Phi) is 3.90. The molecule has 19 heavy (non-hydrogen) atoms. The van der Waals surface area contributed by atoms with E-state index in [1.807, 2.05) is 44.1 Å². The van der Waals surface area contributed by atoms with Gasteiger partial charge < -0.3 is 15.3 Å². The minimum absolute atomic E-state index is 0.313. The molecule has 0 aliphatic heterocycles. The number of nitrogens with one attached hydrogen (secondary N) is 1. The number of anilines is 2. The maximum atomic E-state index is 9.83. The minimum atomic E-state index is 0.313. The number of nitrogens with zero attached hydrogens (tertiary/aromatic N) is 2. The maximum absolute atomic E-state index is 9.83. The van der Waals surface area contributed by atoms with Crippen LogP contribution in [0.3, 0.4) is 0 Å². The lowest BCUT2D eigenvalue weighted by atomic mass is 10.1. The van der Waals surface area contributed by atoms with E-state index in [4.69, 9.17) is 0 Å². The van der Waals surface area contributed by atoms with Crippen LogP contribution in [-0.2, 0) is 6.54 Å². The normalized spacial score (nSPS) is 10.3. The molecule has 0 amide bonds. The van der Waals surface area contributed by atoms with Gasteiger partial charge in [-0.2, -0.15) is 0 Å². The Morgan fingerprint density at radius 1 is 1.26 bits per heavy atom. The third-order valence-corrected chi connectivity index (χ3v) is 2.98. The average molecular weight is 257 g/mol. The van der Waals surface area contributed by atoms with Crippen LogP contribution in [0.1, 0.15) is 11.1 Å². The fraction of sp³-hybridized carbons (Fsp3) is 0.267. The first kappa shape index (κ1) is 13.2. The number of hydrogen-bond donors (Lipinski definition) is 2. The van der Waals surface area contributed by atoms with E-state index in [1.165, 1.54) is 0 Å². The van der Waals surface area contributed by atoms with Gasteiger partial charge in [-0.25, -0.2) is 0 Å². The van der Waals surface area contributed by atoms with Gasteiger partial charge in [0.05, 0.1) is 17.6 Å². The smallest absolute Gasteiger partial charge is 0.120 e. The summed E-state index contributed by atoms with van der Waals surface area (Å²) in [6.45, 7) is 2.58. The largest absolute Gasteiger partial charge is 0.508 e.